The second-order valence-electron chi connectivity index (χ2n) is 8.92. The van der Waals surface area contributed by atoms with Gasteiger partial charge in [0.2, 0.25) is 0 Å². The van der Waals surface area contributed by atoms with E-state index in [0.29, 0.717) is 12.6 Å². The number of rotatable bonds is 8. The van der Waals surface area contributed by atoms with Gasteiger partial charge in [-0.1, -0.05) is 51.7 Å². The van der Waals surface area contributed by atoms with E-state index in [0.717, 1.165) is 24.9 Å². The van der Waals surface area contributed by atoms with Gasteiger partial charge in [-0.3, -0.25) is 0 Å². The van der Waals surface area contributed by atoms with E-state index in [4.69, 9.17) is 9.47 Å². The summed E-state index contributed by atoms with van der Waals surface area (Å²) < 4.78 is 13.4. The molecule has 3 rings (SSSR count). The number of amides is 1. The summed E-state index contributed by atoms with van der Waals surface area (Å²) in [6.07, 6.45) is 10.5. The highest BCUT2D eigenvalue weighted by Crippen LogP contribution is 2.34. The number of aromatic nitrogens is 2. The van der Waals surface area contributed by atoms with Crippen LogP contribution in [0.2, 0.25) is 25.7 Å². The third-order valence-electron chi connectivity index (χ3n) is 5.44. The number of imidazole rings is 1. The van der Waals surface area contributed by atoms with Crippen LogP contribution in [0.15, 0.2) is 12.4 Å². The number of carbonyl (C=O) groups is 1. The zero-order chi connectivity index (χ0) is 18.6. The van der Waals surface area contributed by atoms with Gasteiger partial charge in [0.05, 0.1) is 6.04 Å². The maximum atomic E-state index is 11.9. The first kappa shape index (κ1) is 19.4. The molecule has 1 N–H and O–H groups in total. The van der Waals surface area contributed by atoms with Gasteiger partial charge in [-0.25, -0.2) is 9.78 Å². The molecule has 0 radical (unpaired) electrons. The largest absolute Gasteiger partial charge is 0.436 e. The Bertz CT molecular complexity index is 593. The van der Waals surface area contributed by atoms with E-state index in [9.17, 15) is 4.79 Å². The van der Waals surface area contributed by atoms with Gasteiger partial charge in [0.25, 0.3) is 0 Å². The average Bonchev–Trinajstić information content (AvgIpc) is 3.18. The second kappa shape index (κ2) is 8.56. The molecule has 1 aliphatic heterocycles. The van der Waals surface area contributed by atoms with E-state index in [1.807, 2.05) is 10.8 Å². The predicted octanol–water partition coefficient (Wildman–Crippen LogP) is 4.32. The number of cyclic esters (lactones) is 1. The van der Waals surface area contributed by atoms with Gasteiger partial charge in [-0.2, -0.15) is 0 Å². The molecule has 0 aromatic carbocycles. The maximum absolute atomic E-state index is 11.9. The van der Waals surface area contributed by atoms with Crippen LogP contribution in [-0.2, 0) is 16.2 Å². The van der Waals surface area contributed by atoms with E-state index in [1.54, 1.807) is 6.20 Å². The molecular formula is C19H33N3O3Si. The molecule has 1 aromatic rings. The number of ether oxygens (including phenoxy) is 2. The van der Waals surface area contributed by atoms with Crippen molar-refractivity contribution in [3.8, 4) is 0 Å². The molecule has 1 saturated carbocycles. The van der Waals surface area contributed by atoms with Crippen LogP contribution in [0.5, 0.6) is 0 Å². The monoisotopic (exact) mass is 379 g/mol. The summed E-state index contributed by atoms with van der Waals surface area (Å²) in [7, 11) is -1.09. The summed E-state index contributed by atoms with van der Waals surface area (Å²) in [4.78, 5) is 16.4. The Hall–Kier alpha value is -1.34. The predicted molar refractivity (Wildman–Crippen MR) is 104 cm³/mol. The quantitative estimate of drug-likeness (QED) is 0.540. The smallest absolute Gasteiger partial charge is 0.408 e. The molecule has 26 heavy (non-hydrogen) atoms. The van der Waals surface area contributed by atoms with E-state index < -0.39 is 8.07 Å². The first-order valence-corrected chi connectivity index (χ1v) is 13.7. The van der Waals surface area contributed by atoms with Crippen LogP contribution in [0.25, 0.3) is 0 Å². The second-order valence-corrected chi connectivity index (χ2v) is 14.5. The number of hydrogen-bond acceptors (Lipinski definition) is 4. The molecule has 6 nitrogen and oxygen atoms in total. The summed E-state index contributed by atoms with van der Waals surface area (Å²) in [5, 5.41) is 3.00. The molecule has 146 valence electrons. The Morgan fingerprint density at radius 3 is 2.81 bits per heavy atom. The van der Waals surface area contributed by atoms with Crippen LogP contribution in [0.4, 0.5) is 4.79 Å². The lowest BCUT2D eigenvalue weighted by molar-refractivity contribution is 0.0715. The van der Waals surface area contributed by atoms with Gasteiger partial charge in [-0.05, 0) is 18.4 Å². The highest BCUT2D eigenvalue weighted by atomic mass is 28.3. The van der Waals surface area contributed by atoms with Crippen molar-refractivity contribution < 1.29 is 14.3 Å². The molecule has 2 aliphatic rings. The van der Waals surface area contributed by atoms with E-state index in [1.165, 1.54) is 32.1 Å². The summed E-state index contributed by atoms with van der Waals surface area (Å²) >= 11 is 0. The summed E-state index contributed by atoms with van der Waals surface area (Å²) in [6.45, 7) is 8.26. The number of nitrogens with one attached hydrogen (secondary N) is 1. The molecule has 7 heteroatoms. The lowest BCUT2D eigenvalue weighted by atomic mass is 9.84. The standard InChI is InChI=1S/C19H33N3O3Si/c1-26(2,3)12-11-24-14-22-10-9-20-18(22)17-16(21-19(23)25-17)13-15-7-5-4-6-8-15/h9-10,15-17H,4-8,11-14H2,1-3H3,(H,21,23)/t16-,17+/m0/s1. The molecule has 1 amide bonds. The fourth-order valence-electron chi connectivity index (χ4n) is 3.88. The Morgan fingerprint density at radius 2 is 2.08 bits per heavy atom. The molecule has 0 unspecified atom stereocenters. The van der Waals surface area contributed by atoms with Crippen LogP contribution in [-0.4, -0.2) is 36.4 Å². The van der Waals surface area contributed by atoms with Gasteiger partial charge in [0, 0.05) is 27.1 Å². The van der Waals surface area contributed by atoms with Crippen LogP contribution in [0.1, 0.15) is 50.5 Å². The van der Waals surface area contributed by atoms with Gasteiger partial charge >= 0.3 is 6.09 Å². The van der Waals surface area contributed by atoms with Crippen molar-refractivity contribution in [2.75, 3.05) is 6.61 Å². The van der Waals surface area contributed by atoms with E-state index >= 15 is 0 Å². The number of alkyl carbamates (subject to hydrolysis) is 1. The lowest BCUT2D eigenvalue weighted by Crippen LogP contribution is -2.32. The van der Waals surface area contributed by atoms with Gasteiger partial charge < -0.3 is 19.4 Å². The van der Waals surface area contributed by atoms with Crippen molar-refractivity contribution in [2.24, 2.45) is 5.92 Å². The third kappa shape index (κ3) is 5.33. The highest BCUT2D eigenvalue weighted by Gasteiger charge is 2.39. The van der Waals surface area contributed by atoms with Crippen LogP contribution in [0.3, 0.4) is 0 Å². The van der Waals surface area contributed by atoms with Gasteiger partial charge in [0.15, 0.2) is 11.9 Å². The molecule has 1 saturated heterocycles. The highest BCUT2D eigenvalue weighted by molar-refractivity contribution is 6.76. The Morgan fingerprint density at radius 1 is 1.31 bits per heavy atom. The van der Waals surface area contributed by atoms with Crippen molar-refractivity contribution in [2.45, 2.75) is 83.1 Å². The SMILES string of the molecule is C[Si](C)(C)CCOCn1ccnc1[C@@H]1OC(=O)N[C@H]1CC1CCCCC1. The molecule has 0 spiro atoms. The lowest BCUT2D eigenvalue weighted by Gasteiger charge is -2.26. The minimum Gasteiger partial charge on any atom is -0.436 e. The fourth-order valence-corrected chi connectivity index (χ4v) is 4.64. The summed E-state index contributed by atoms with van der Waals surface area (Å²) in [5.41, 5.74) is 0. The molecular weight excluding hydrogens is 346 g/mol. The zero-order valence-electron chi connectivity index (χ0n) is 16.4. The number of nitrogens with zero attached hydrogens (tertiary/aromatic N) is 2. The number of hydrogen-bond donors (Lipinski definition) is 1. The van der Waals surface area contributed by atoms with E-state index in [-0.39, 0.29) is 18.2 Å². The first-order chi connectivity index (χ1) is 12.4. The topological polar surface area (TPSA) is 65.4 Å². The molecule has 2 atom stereocenters. The Balaban J connectivity index is 1.59. The van der Waals surface area contributed by atoms with Gasteiger partial charge in [0.1, 0.15) is 6.73 Å². The average molecular weight is 380 g/mol. The van der Waals surface area contributed by atoms with Crippen molar-refractivity contribution in [1.82, 2.24) is 14.9 Å². The van der Waals surface area contributed by atoms with Crippen molar-refractivity contribution in [3.05, 3.63) is 18.2 Å². The first-order valence-electron chi connectivity index (χ1n) is 9.98. The third-order valence-corrected chi connectivity index (χ3v) is 7.15. The van der Waals surface area contributed by atoms with Crippen LogP contribution in [0, 0.1) is 5.92 Å². The molecule has 1 aliphatic carbocycles. The summed E-state index contributed by atoms with van der Waals surface area (Å²) in [5.74, 6) is 1.46. The Kier molecular flexibility index (Phi) is 6.40. The van der Waals surface area contributed by atoms with Crippen LogP contribution >= 0.6 is 0 Å². The molecule has 0 bridgehead atoms. The summed E-state index contributed by atoms with van der Waals surface area (Å²) in [6, 6.07) is 1.15. The van der Waals surface area contributed by atoms with Crippen molar-refractivity contribution >= 4 is 14.2 Å². The maximum Gasteiger partial charge on any atom is 0.408 e. The van der Waals surface area contributed by atoms with Crippen LogP contribution < -0.4 is 5.32 Å². The number of carbonyl (C=O) groups excluding carboxylic acids is 1. The van der Waals surface area contributed by atoms with E-state index in [2.05, 4.69) is 29.9 Å². The Labute approximate surface area is 157 Å². The molecule has 2 heterocycles. The fraction of sp³-hybridized carbons (Fsp3) is 0.789. The van der Waals surface area contributed by atoms with Crippen molar-refractivity contribution in [1.29, 1.82) is 0 Å². The van der Waals surface area contributed by atoms with Crippen molar-refractivity contribution in [3.63, 3.8) is 0 Å². The normalized spacial score (nSPS) is 24.5. The molecule has 2 fully saturated rings. The van der Waals surface area contributed by atoms with Gasteiger partial charge in [-0.15, -0.1) is 0 Å². The zero-order valence-corrected chi connectivity index (χ0v) is 17.4. The molecule has 1 aromatic heterocycles. The minimum absolute atomic E-state index is 0.00809. The minimum atomic E-state index is -1.09.